The second-order valence-electron chi connectivity index (χ2n) is 6.75. The van der Waals surface area contributed by atoms with Crippen molar-refractivity contribution in [2.45, 2.75) is 13.3 Å². The van der Waals surface area contributed by atoms with E-state index in [1.54, 1.807) is 25.3 Å². The van der Waals surface area contributed by atoms with Gasteiger partial charge in [0, 0.05) is 11.6 Å². The van der Waals surface area contributed by atoms with Crippen LogP contribution >= 0.6 is 0 Å². The summed E-state index contributed by atoms with van der Waals surface area (Å²) in [7, 11) is 1.56. The number of hydrogen-bond acceptors (Lipinski definition) is 5. The van der Waals surface area contributed by atoms with Crippen molar-refractivity contribution < 1.29 is 23.0 Å². The van der Waals surface area contributed by atoms with Crippen LogP contribution in [0.4, 0.5) is 14.5 Å². The van der Waals surface area contributed by atoms with Crippen molar-refractivity contribution >= 4 is 22.6 Å². The van der Waals surface area contributed by atoms with Crippen molar-refractivity contribution in [3.63, 3.8) is 0 Å². The van der Waals surface area contributed by atoms with Gasteiger partial charge in [0.2, 0.25) is 5.88 Å². The number of ether oxygens (including phenoxy) is 2. The van der Waals surface area contributed by atoms with Gasteiger partial charge in [-0.3, -0.25) is 4.79 Å². The Kier molecular flexibility index (Phi) is 5.48. The monoisotopic (exact) mass is 424 g/mol. The minimum absolute atomic E-state index is 0.293. The SMILES string of the molecule is COc1cc(C)ccc1Oc1ccc(NC(=O)c2ccc3nc(C(F)F)[nH]c3c2)cn1. The van der Waals surface area contributed by atoms with E-state index in [1.807, 2.05) is 19.1 Å². The number of imidazole rings is 1. The number of hydrogen-bond donors (Lipinski definition) is 2. The molecule has 0 fully saturated rings. The largest absolute Gasteiger partial charge is 0.493 e. The van der Waals surface area contributed by atoms with Crippen LogP contribution in [-0.2, 0) is 0 Å². The van der Waals surface area contributed by atoms with Gasteiger partial charge in [-0.05, 0) is 48.9 Å². The molecule has 0 bridgehead atoms. The summed E-state index contributed by atoms with van der Waals surface area (Å²) in [4.78, 5) is 23.0. The van der Waals surface area contributed by atoms with Gasteiger partial charge in [-0.15, -0.1) is 0 Å². The quantitative estimate of drug-likeness (QED) is 0.441. The predicted octanol–water partition coefficient (Wildman–Crippen LogP) is 5.26. The molecule has 0 aliphatic carbocycles. The molecular formula is C22H18F2N4O3. The van der Waals surface area contributed by atoms with Gasteiger partial charge in [0.1, 0.15) is 0 Å². The van der Waals surface area contributed by atoms with Crippen molar-refractivity contribution in [1.82, 2.24) is 15.0 Å². The molecule has 0 saturated carbocycles. The van der Waals surface area contributed by atoms with Crippen LogP contribution < -0.4 is 14.8 Å². The Labute approximate surface area is 176 Å². The van der Waals surface area contributed by atoms with E-state index in [-0.39, 0.29) is 0 Å². The summed E-state index contributed by atoms with van der Waals surface area (Å²) in [6.07, 6.45) is -1.26. The predicted molar refractivity (Wildman–Crippen MR) is 111 cm³/mol. The van der Waals surface area contributed by atoms with Gasteiger partial charge >= 0.3 is 0 Å². The number of rotatable bonds is 6. The Morgan fingerprint density at radius 3 is 2.65 bits per heavy atom. The van der Waals surface area contributed by atoms with Crippen molar-refractivity contribution in [2.24, 2.45) is 0 Å². The summed E-state index contributed by atoms with van der Waals surface area (Å²) >= 11 is 0. The molecule has 2 aromatic carbocycles. The molecule has 158 valence electrons. The normalized spacial score (nSPS) is 11.0. The Morgan fingerprint density at radius 2 is 1.94 bits per heavy atom. The Hall–Kier alpha value is -4.01. The van der Waals surface area contributed by atoms with E-state index in [1.165, 1.54) is 24.4 Å². The van der Waals surface area contributed by atoms with E-state index in [9.17, 15) is 13.6 Å². The van der Waals surface area contributed by atoms with E-state index in [0.717, 1.165) is 5.56 Å². The summed E-state index contributed by atoms with van der Waals surface area (Å²) in [5, 5.41) is 2.71. The van der Waals surface area contributed by atoms with E-state index in [4.69, 9.17) is 9.47 Å². The fourth-order valence-electron chi connectivity index (χ4n) is 2.96. The molecule has 7 nitrogen and oxygen atoms in total. The number of anilines is 1. The molecule has 4 aromatic rings. The average Bonchev–Trinajstić information content (AvgIpc) is 3.20. The average molecular weight is 424 g/mol. The molecule has 31 heavy (non-hydrogen) atoms. The van der Waals surface area contributed by atoms with Crippen LogP contribution in [0.2, 0.25) is 0 Å². The first-order chi connectivity index (χ1) is 14.9. The molecule has 2 N–H and O–H groups in total. The fourth-order valence-corrected chi connectivity index (χ4v) is 2.96. The summed E-state index contributed by atoms with van der Waals surface area (Å²) in [6, 6.07) is 13.3. The second-order valence-corrected chi connectivity index (χ2v) is 6.75. The maximum atomic E-state index is 12.8. The lowest BCUT2D eigenvalue weighted by molar-refractivity contribution is 0.102. The highest BCUT2D eigenvalue weighted by Gasteiger charge is 2.14. The maximum Gasteiger partial charge on any atom is 0.295 e. The van der Waals surface area contributed by atoms with Gasteiger partial charge in [-0.2, -0.15) is 0 Å². The minimum Gasteiger partial charge on any atom is -0.493 e. The molecule has 0 aliphatic rings. The number of aromatic nitrogens is 3. The lowest BCUT2D eigenvalue weighted by Gasteiger charge is -2.11. The number of nitrogens with one attached hydrogen (secondary N) is 2. The summed E-state index contributed by atoms with van der Waals surface area (Å²) in [5.74, 6) is 0.596. The molecule has 0 aliphatic heterocycles. The molecular weight excluding hydrogens is 406 g/mol. The first-order valence-electron chi connectivity index (χ1n) is 9.30. The molecule has 2 heterocycles. The number of aryl methyl sites for hydroxylation is 1. The van der Waals surface area contributed by atoms with Crippen LogP contribution in [0.3, 0.4) is 0 Å². The van der Waals surface area contributed by atoms with Gasteiger partial charge in [0.15, 0.2) is 17.3 Å². The van der Waals surface area contributed by atoms with Crippen molar-refractivity contribution in [1.29, 1.82) is 0 Å². The smallest absolute Gasteiger partial charge is 0.295 e. The highest BCUT2D eigenvalue weighted by molar-refractivity contribution is 6.05. The van der Waals surface area contributed by atoms with Crippen LogP contribution in [0.5, 0.6) is 17.4 Å². The molecule has 0 unspecified atom stereocenters. The Bertz CT molecular complexity index is 1240. The fraction of sp³-hybridized carbons (Fsp3) is 0.136. The first kappa shape index (κ1) is 20.3. The number of nitrogens with zero attached hydrogens (tertiary/aromatic N) is 2. The van der Waals surface area contributed by atoms with E-state index in [0.29, 0.717) is 39.7 Å². The topological polar surface area (TPSA) is 89.1 Å². The third-order valence-corrected chi connectivity index (χ3v) is 4.50. The number of pyridine rings is 1. The second kappa shape index (κ2) is 8.39. The van der Waals surface area contributed by atoms with Crippen molar-refractivity contribution in [2.75, 3.05) is 12.4 Å². The molecule has 0 radical (unpaired) electrons. The number of carbonyl (C=O) groups excluding carboxylic acids is 1. The van der Waals surface area contributed by atoms with Crippen LogP contribution in [0.1, 0.15) is 28.2 Å². The molecule has 2 aromatic heterocycles. The van der Waals surface area contributed by atoms with E-state index < -0.39 is 18.2 Å². The number of carbonyl (C=O) groups is 1. The lowest BCUT2D eigenvalue weighted by atomic mass is 10.2. The minimum atomic E-state index is -2.71. The first-order valence-corrected chi connectivity index (χ1v) is 9.30. The third-order valence-electron chi connectivity index (χ3n) is 4.50. The Morgan fingerprint density at radius 1 is 1.10 bits per heavy atom. The summed E-state index contributed by atoms with van der Waals surface area (Å²) in [6.45, 7) is 1.95. The third kappa shape index (κ3) is 4.45. The molecule has 9 heteroatoms. The zero-order valence-electron chi connectivity index (χ0n) is 16.6. The van der Waals surface area contributed by atoms with E-state index in [2.05, 4.69) is 20.3 Å². The standard InChI is InChI=1S/C22H18F2N4O3/c1-12-3-7-17(18(9-12)30-2)31-19-8-5-14(11-25-19)26-22(29)13-4-6-15-16(10-13)28-21(27-15)20(23)24/h3-11,20H,1-2H3,(H,26,29)(H,27,28). The number of aromatic amines is 1. The zero-order chi connectivity index (χ0) is 22.0. The number of methoxy groups -OCH3 is 1. The summed E-state index contributed by atoms with van der Waals surface area (Å²) in [5.41, 5.74) is 2.50. The van der Waals surface area contributed by atoms with Crippen molar-refractivity contribution in [3.8, 4) is 17.4 Å². The number of halogens is 2. The number of amides is 1. The lowest BCUT2D eigenvalue weighted by Crippen LogP contribution is -2.11. The number of benzene rings is 2. The van der Waals surface area contributed by atoms with Crippen LogP contribution in [-0.4, -0.2) is 28.0 Å². The van der Waals surface area contributed by atoms with Gasteiger partial charge in [0.25, 0.3) is 12.3 Å². The van der Waals surface area contributed by atoms with Crippen LogP contribution in [0.25, 0.3) is 11.0 Å². The number of H-pyrrole nitrogens is 1. The van der Waals surface area contributed by atoms with Gasteiger partial charge < -0.3 is 19.8 Å². The molecule has 0 atom stereocenters. The Balaban J connectivity index is 1.46. The molecule has 0 spiro atoms. The molecule has 4 rings (SSSR count). The zero-order valence-corrected chi connectivity index (χ0v) is 16.6. The highest BCUT2D eigenvalue weighted by Crippen LogP contribution is 2.31. The van der Waals surface area contributed by atoms with Crippen LogP contribution in [0.15, 0.2) is 54.7 Å². The van der Waals surface area contributed by atoms with Gasteiger partial charge in [0.05, 0.1) is 30.0 Å². The van der Waals surface area contributed by atoms with Crippen LogP contribution in [0, 0.1) is 6.92 Å². The molecule has 0 saturated heterocycles. The van der Waals surface area contributed by atoms with Gasteiger partial charge in [-0.25, -0.2) is 18.7 Å². The maximum absolute atomic E-state index is 12.8. The molecule has 1 amide bonds. The number of fused-ring (bicyclic) bond motifs is 1. The number of alkyl halides is 2. The van der Waals surface area contributed by atoms with E-state index >= 15 is 0 Å². The highest BCUT2D eigenvalue weighted by atomic mass is 19.3. The van der Waals surface area contributed by atoms with Crippen molar-refractivity contribution in [3.05, 3.63) is 71.7 Å². The van der Waals surface area contributed by atoms with Gasteiger partial charge in [-0.1, -0.05) is 6.07 Å². The summed E-state index contributed by atoms with van der Waals surface area (Å²) < 4.78 is 36.6.